The van der Waals surface area contributed by atoms with Crippen molar-refractivity contribution in [2.45, 2.75) is 41.2 Å². The second kappa shape index (κ2) is 8.09. The van der Waals surface area contributed by atoms with Gasteiger partial charge in [-0.05, 0) is 25.0 Å². The van der Waals surface area contributed by atoms with E-state index in [1.807, 2.05) is 0 Å². The van der Waals surface area contributed by atoms with E-state index in [1.165, 1.54) is 4.90 Å². The van der Waals surface area contributed by atoms with E-state index in [0.29, 0.717) is 0 Å². The van der Waals surface area contributed by atoms with Crippen molar-refractivity contribution in [2.24, 2.45) is 11.1 Å². The van der Waals surface area contributed by atoms with Gasteiger partial charge in [0.1, 0.15) is 11.8 Å². The van der Waals surface area contributed by atoms with Crippen molar-refractivity contribution in [3.05, 3.63) is 23.2 Å². The molecule has 4 atom stereocenters. The fraction of sp³-hybridized carbons (Fsp3) is 0.500. The number of rotatable bonds is 7. The molecule has 174 valence electrons. The van der Waals surface area contributed by atoms with Gasteiger partial charge < -0.3 is 15.6 Å². The number of sulfone groups is 1. The molecule has 0 bridgehead atoms. The van der Waals surface area contributed by atoms with Gasteiger partial charge in [0.05, 0.1) is 21.2 Å². The number of carboxylic acid groups (broad SMARTS) is 1. The largest absolute Gasteiger partial charge is 0.484 e. The molecule has 0 radical (unpaired) electrons. The summed E-state index contributed by atoms with van der Waals surface area (Å²) in [6, 6.07) is 2.61. The maximum Gasteiger partial charge on any atom is 0.422 e. The third-order valence-corrected chi connectivity index (χ3v) is 8.21. The second-order valence-corrected chi connectivity index (χ2v) is 10.2. The van der Waals surface area contributed by atoms with Crippen LogP contribution in [0.15, 0.2) is 23.1 Å². The number of hydrogen-bond donors (Lipinski definition) is 2. The lowest BCUT2D eigenvalue weighted by Crippen LogP contribution is -2.42. The summed E-state index contributed by atoms with van der Waals surface area (Å²) in [5.74, 6) is -2.54. The molecule has 1 aromatic rings. The quantitative estimate of drug-likeness (QED) is 0.575. The Morgan fingerprint density at radius 2 is 2.06 bits per heavy atom. The molecule has 1 amide bonds. The van der Waals surface area contributed by atoms with Gasteiger partial charge in [-0.1, -0.05) is 11.6 Å². The van der Waals surface area contributed by atoms with Crippen LogP contribution < -0.4 is 10.5 Å². The number of nitrogens with two attached hydrogens (primary N) is 1. The number of hydrogen-bond acceptors (Lipinski definition) is 7. The van der Waals surface area contributed by atoms with E-state index >= 15 is 0 Å². The van der Waals surface area contributed by atoms with Gasteiger partial charge in [-0.3, -0.25) is 14.5 Å². The molecule has 4 unspecified atom stereocenters. The van der Waals surface area contributed by atoms with Gasteiger partial charge in [0.2, 0.25) is 5.91 Å². The van der Waals surface area contributed by atoms with Gasteiger partial charge >= 0.3 is 12.1 Å². The normalized spacial score (nSPS) is 28.2. The lowest BCUT2D eigenvalue weighted by molar-refractivity contribution is -0.153. The molecule has 14 heteroatoms. The molecule has 1 heterocycles. The Morgan fingerprint density at radius 3 is 2.53 bits per heavy atom. The van der Waals surface area contributed by atoms with E-state index in [9.17, 15) is 41.5 Å². The number of likely N-dealkylation sites (tertiary alicyclic amines) is 1. The van der Waals surface area contributed by atoms with Gasteiger partial charge in [-0.2, -0.15) is 18.4 Å². The number of nitrogens with zero attached hydrogens (tertiary/aromatic N) is 2. The van der Waals surface area contributed by atoms with E-state index < -0.39 is 62.1 Å². The molecule has 2 fully saturated rings. The molecule has 0 spiro atoms. The molecule has 1 saturated heterocycles. The fourth-order valence-corrected chi connectivity index (χ4v) is 6.11. The first kappa shape index (κ1) is 24.1. The first-order valence-electron chi connectivity index (χ1n) is 9.15. The molecule has 9 nitrogen and oxygen atoms in total. The summed E-state index contributed by atoms with van der Waals surface area (Å²) in [7, 11) is -4.21. The number of ether oxygens (including phenoxy) is 1. The molecule has 2 aliphatic rings. The lowest BCUT2D eigenvalue weighted by Gasteiger charge is -2.22. The molecule has 3 N–H and O–H groups in total. The number of aliphatic carboxylic acids is 1. The van der Waals surface area contributed by atoms with E-state index in [0.717, 1.165) is 18.2 Å². The Kier molecular flexibility index (Phi) is 6.09. The zero-order chi connectivity index (χ0) is 24.1. The van der Waals surface area contributed by atoms with Gasteiger partial charge in [-0.25, -0.2) is 8.42 Å². The van der Waals surface area contributed by atoms with Crippen LogP contribution in [0, 0.1) is 16.7 Å². The van der Waals surface area contributed by atoms with Crippen LogP contribution in [0.1, 0.15) is 12.8 Å². The number of carbonyl (C=O) groups excluding carboxylic acids is 1. The number of nitriles is 1. The predicted octanol–water partition coefficient (Wildman–Crippen LogP) is 1.35. The molecule has 32 heavy (non-hydrogen) atoms. The Bertz CT molecular complexity index is 1110. The Labute approximate surface area is 185 Å². The minimum Gasteiger partial charge on any atom is -0.484 e. The van der Waals surface area contributed by atoms with Crippen molar-refractivity contribution < 1.29 is 41.0 Å². The number of alkyl halides is 3. The molecule has 3 rings (SSSR count). The summed E-state index contributed by atoms with van der Waals surface area (Å²) in [5.41, 5.74) is 3.68. The third kappa shape index (κ3) is 4.35. The van der Waals surface area contributed by atoms with Crippen LogP contribution >= 0.6 is 11.6 Å². The third-order valence-electron chi connectivity index (χ3n) is 5.60. The summed E-state index contributed by atoms with van der Waals surface area (Å²) in [4.78, 5) is 24.2. The van der Waals surface area contributed by atoms with Gasteiger partial charge in [0.15, 0.2) is 21.9 Å². The van der Waals surface area contributed by atoms with Crippen LogP contribution in [0.5, 0.6) is 5.75 Å². The average Bonchev–Trinajstić information content (AvgIpc) is 3.26. The van der Waals surface area contributed by atoms with E-state index in [-0.39, 0.29) is 30.2 Å². The SMILES string of the molecule is N#CC1(C(N)=O)CC1N1CC(S(=O)(=O)c2ccc(OCC(F)(F)F)cc2Cl)CC1C(=O)O. The van der Waals surface area contributed by atoms with E-state index in [4.69, 9.17) is 17.3 Å². The number of benzene rings is 1. The van der Waals surface area contributed by atoms with Gasteiger partial charge in [0, 0.05) is 18.7 Å². The fourth-order valence-electron chi connectivity index (χ4n) is 3.87. The maximum atomic E-state index is 13.1. The molecule has 1 saturated carbocycles. The second-order valence-electron chi connectivity index (χ2n) is 7.62. The highest BCUT2D eigenvalue weighted by molar-refractivity contribution is 7.92. The van der Waals surface area contributed by atoms with Crippen molar-refractivity contribution in [2.75, 3.05) is 13.2 Å². The number of carboxylic acids is 1. The highest BCUT2D eigenvalue weighted by Crippen LogP contribution is 2.51. The highest BCUT2D eigenvalue weighted by Gasteiger charge is 2.66. The predicted molar refractivity (Wildman–Crippen MR) is 102 cm³/mol. The zero-order valence-electron chi connectivity index (χ0n) is 16.2. The lowest BCUT2D eigenvalue weighted by atomic mass is 10.1. The van der Waals surface area contributed by atoms with Gasteiger partial charge in [0.25, 0.3) is 0 Å². The monoisotopic (exact) mass is 495 g/mol. The van der Waals surface area contributed by atoms with Crippen molar-refractivity contribution in [1.82, 2.24) is 4.90 Å². The average molecular weight is 496 g/mol. The summed E-state index contributed by atoms with van der Waals surface area (Å²) in [6.07, 6.45) is -4.94. The molecular formula is C18H17ClF3N3O6S. The number of primary amides is 1. The van der Waals surface area contributed by atoms with Crippen LogP contribution in [0.2, 0.25) is 5.02 Å². The van der Waals surface area contributed by atoms with Crippen LogP contribution in [-0.2, 0) is 19.4 Å². The molecule has 1 aromatic carbocycles. The maximum absolute atomic E-state index is 13.1. The summed E-state index contributed by atoms with van der Waals surface area (Å²) in [6.45, 7) is -1.88. The zero-order valence-corrected chi connectivity index (χ0v) is 17.7. The number of halogens is 4. The minimum absolute atomic E-state index is 0.0125. The van der Waals surface area contributed by atoms with Crippen LogP contribution in [0.25, 0.3) is 0 Å². The highest BCUT2D eigenvalue weighted by atomic mass is 35.5. The molecular weight excluding hydrogens is 479 g/mol. The topological polar surface area (TPSA) is 151 Å². The first-order valence-corrected chi connectivity index (χ1v) is 11.1. The minimum atomic E-state index is -4.59. The Hall–Kier alpha value is -2.56. The van der Waals surface area contributed by atoms with Gasteiger partial charge in [-0.15, -0.1) is 0 Å². The summed E-state index contributed by atoms with van der Waals surface area (Å²) in [5, 5.41) is 17.2. The summed E-state index contributed by atoms with van der Waals surface area (Å²) >= 11 is 5.99. The smallest absolute Gasteiger partial charge is 0.422 e. The first-order chi connectivity index (χ1) is 14.7. The molecule has 1 aliphatic carbocycles. The standard InChI is InChI=1S/C18H17ClF3N3O6S/c19-11-3-9(31-8-18(20,21)22)1-2-13(11)32(29,30)10-4-12(15(26)27)25(6-10)14-5-17(14,7-23)16(24)28/h1-3,10,12,14H,4-6,8H2,(H2,24,28)(H,26,27). The molecule has 0 aromatic heterocycles. The Balaban J connectivity index is 1.84. The van der Waals surface area contributed by atoms with Crippen molar-refractivity contribution >= 4 is 33.3 Å². The van der Waals surface area contributed by atoms with E-state index in [2.05, 4.69) is 4.74 Å². The van der Waals surface area contributed by atoms with Crippen molar-refractivity contribution in [3.8, 4) is 11.8 Å². The van der Waals surface area contributed by atoms with Crippen LogP contribution in [0.4, 0.5) is 13.2 Å². The number of carbonyl (C=O) groups is 2. The van der Waals surface area contributed by atoms with Crippen LogP contribution in [-0.4, -0.2) is 67.0 Å². The summed E-state index contributed by atoms with van der Waals surface area (Å²) < 4.78 is 67.7. The van der Waals surface area contributed by atoms with Crippen LogP contribution in [0.3, 0.4) is 0 Å². The number of amides is 1. The van der Waals surface area contributed by atoms with Crippen molar-refractivity contribution in [1.29, 1.82) is 5.26 Å². The van der Waals surface area contributed by atoms with Crippen molar-refractivity contribution in [3.63, 3.8) is 0 Å². The van der Waals surface area contributed by atoms with E-state index in [1.54, 1.807) is 6.07 Å². The Morgan fingerprint density at radius 1 is 1.41 bits per heavy atom. The molecule has 1 aliphatic heterocycles.